The van der Waals surface area contributed by atoms with E-state index in [2.05, 4.69) is 22.0 Å². The summed E-state index contributed by atoms with van der Waals surface area (Å²) in [5.74, 6) is 0.530. The molecule has 142 valence electrons. The van der Waals surface area contributed by atoms with Crippen LogP contribution in [-0.4, -0.2) is 29.2 Å². The van der Waals surface area contributed by atoms with Crippen molar-refractivity contribution in [3.8, 4) is 17.1 Å². The molecular formula is C21H18FN3O3. The van der Waals surface area contributed by atoms with Crippen molar-refractivity contribution in [1.82, 2.24) is 15.5 Å². The Kier molecular flexibility index (Phi) is 6.30. The summed E-state index contributed by atoms with van der Waals surface area (Å²) in [5.41, 5.74) is 1.40. The first-order valence-corrected chi connectivity index (χ1v) is 8.53. The highest BCUT2D eigenvalue weighted by Gasteiger charge is 2.13. The van der Waals surface area contributed by atoms with Gasteiger partial charge in [0.1, 0.15) is 11.6 Å². The molecule has 0 bridgehead atoms. The first-order valence-electron chi connectivity index (χ1n) is 8.53. The summed E-state index contributed by atoms with van der Waals surface area (Å²) >= 11 is 0. The van der Waals surface area contributed by atoms with Gasteiger partial charge in [0, 0.05) is 12.6 Å². The number of hydrogen-bond donors (Lipinski definition) is 1. The van der Waals surface area contributed by atoms with E-state index in [-0.39, 0.29) is 24.2 Å². The minimum absolute atomic E-state index is 0.139. The Morgan fingerprint density at radius 1 is 1.18 bits per heavy atom. The molecular weight excluding hydrogens is 361 g/mol. The number of rotatable bonds is 8. The molecule has 3 rings (SSSR count). The summed E-state index contributed by atoms with van der Waals surface area (Å²) in [4.78, 5) is 16.0. The van der Waals surface area contributed by atoms with Crippen LogP contribution in [-0.2, 0) is 4.79 Å². The molecule has 0 saturated carbocycles. The zero-order valence-electron chi connectivity index (χ0n) is 15.0. The number of nitrogens with one attached hydrogen (secondary N) is 1. The van der Waals surface area contributed by atoms with Crippen LogP contribution in [0.25, 0.3) is 23.5 Å². The predicted octanol–water partition coefficient (Wildman–Crippen LogP) is 3.73. The quantitative estimate of drug-likeness (QED) is 0.604. The zero-order chi connectivity index (χ0) is 19.8. The van der Waals surface area contributed by atoms with Crippen molar-refractivity contribution < 1.29 is 18.4 Å². The van der Waals surface area contributed by atoms with Crippen molar-refractivity contribution in [2.75, 3.05) is 13.2 Å². The van der Waals surface area contributed by atoms with Crippen LogP contribution in [0.5, 0.6) is 5.75 Å². The smallest absolute Gasteiger partial charge is 0.258 e. The van der Waals surface area contributed by atoms with Crippen LogP contribution in [0.3, 0.4) is 0 Å². The SMILES string of the molecule is C=CCNC(=O)COc1ccccc1-c1noc(C=Cc2ccc(F)cc2)n1. The molecule has 1 N–H and O–H groups in total. The Balaban J connectivity index is 1.71. The largest absolute Gasteiger partial charge is 0.483 e. The maximum absolute atomic E-state index is 12.9. The molecule has 0 fully saturated rings. The first kappa shape index (κ1) is 19.0. The fraction of sp³-hybridized carbons (Fsp3) is 0.0952. The maximum atomic E-state index is 12.9. The van der Waals surface area contributed by atoms with Gasteiger partial charge in [-0.25, -0.2) is 4.39 Å². The average molecular weight is 379 g/mol. The topological polar surface area (TPSA) is 77.2 Å². The van der Waals surface area contributed by atoms with Crippen LogP contribution in [0.2, 0.25) is 0 Å². The summed E-state index contributed by atoms with van der Waals surface area (Å²) in [7, 11) is 0. The molecule has 0 unspecified atom stereocenters. The third-order valence-electron chi connectivity index (χ3n) is 3.66. The summed E-state index contributed by atoms with van der Waals surface area (Å²) in [5, 5.41) is 6.60. The second kappa shape index (κ2) is 9.27. The molecule has 28 heavy (non-hydrogen) atoms. The van der Waals surface area contributed by atoms with Crippen molar-refractivity contribution in [3.05, 3.63) is 78.5 Å². The van der Waals surface area contributed by atoms with E-state index in [0.29, 0.717) is 23.7 Å². The van der Waals surface area contributed by atoms with Gasteiger partial charge >= 0.3 is 0 Å². The van der Waals surface area contributed by atoms with Crippen molar-refractivity contribution >= 4 is 18.1 Å². The van der Waals surface area contributed by atoms with Gasteiger partial charge < -0.3 is 14.6 Å². The Bertz CT molecular complexity index is 981. The van der Waals surface area contributed by atoms with E-state index in [0.717, 1.165) is 5.56 Å². The molecule has 3 aromatic rings. The van der Waals surface area contributed by atoms with Crippen LogP contribution >= 0.6 is 0 Å². The van der Waals surface area contributed by atoms with Gasteiger partial charge in [0.15, 0.2) is 6.61 Å². The molecule has 2 aromatic carbocycles. The fourth-order valence-electron chi connectivity index (χ4n) is 2.31. The van der Waals surface area contributed by atoms with Gasteiger partial charge in [0.05, 0.1) is 5.56 Å². The lowest BCUT2D eigenvalue weighted by Crippen LogP contribution is -2.28. The maximum Gasteiger partial charge on any atom is 0.258 e. The third kappa shape index (κ3) is 5.14. The standard InChI is InChI=1S/C21H18FN3O3/c1-2-13-23-19(26)14-27-18-6-4-3-5-17(18)21-24-20(28-25-21)12-9-15-7-10-16(22)11-8-15/h2-12H,1,13-14H2,(H,23,26). The number of carbonyl (C=O) groups excluding carboxylic acids is 1. The van der Waals surface area contributed by atoms with Gasteiger partial charge in [-0.2, -0.15) is 4.98 Å². The van der Waals surface area contributed by atoms with Gasteiger partial charge in [-0.3, -0.25) is 4.79 Å². The number of amides is 1. The highest BCUT2D eigenvalue weighted by molar-refractivity contribution is 5.78. The average Bonchev–Trinajstić information content (AvgIpc) is 3.19. The van der Waals surface area contributed by atoms with Crippen LogP contribution in [0.15, 0.2) is 65.7 Å². The highest BCUT2D eigenvalue weighted by atomic mass is 19.1. The lowest BCUT2D eigenvalue weighted by atomic mass is 10.2. The Morgan fingerprint density at radius 2 is 1.96 bits per heavy atom. The molecule has 0 aliphatic carbocycles. The van der Waals surface area contributed by atoms with E-state index in [9.17, 15) is 9.18 Å². The third-order valence-corrected chi connectivity index (χ3v) is 3.66. The Morgan fingerprint density at radius 3 is 2.75 bits per heavy atom. The number of carbonyl (C=O) groups is 1. The van der Waals surface area contributed by atoms with Crippen molar-refractivity contribution in [2.24, 2.45) is 0 Å². The second-order valence-corrected chi connectivity index (χ2v) is 5.72. The van der Waals surface area contributed by atoms with E-state index < -0.39 is 0 Å². The van der Waals surface area contributed by atoms with Crippen molar-refractivity contribution in [2.45, 2.75) is 0 Å². The Labute approximate surface area is 161 Å². The van der Waals surface area contributed by atoms with Crippen molar-refractivity contribution in [3.63, 3.8) is 0 Å². The van der Waals surface area contributed by atoms with Crippen LogP contribution < -0.4 is 10.1 Å². The summed E-state index contributed by atoms with van der Waals surface area (Å²) in [6.07, 6.45) is 4.96. The molecule has 0 aliphatic heterocycles. The van der Waals surface area contributed by atoms with E-state index in [1.54, 1.807) is 48.6 Å². The summed E-state index contributed by atoms with van der Waals surface area (Å²) in [6.45, 7) is 3.78. The molecule has 0 radical (unpaired) electrons. The monoisotopic (exact) mass is 379 g/mol. The van der Waals surface area contributed by atoms with E-state index in [1.807, 2.05) is 6.07 Å². The van der Waals surface area contributed by atoms with Crippen molar-refractivity contribution in [1.29, 1.82) is 0 Å². The predicted molar refractivity (Wildman–Crippen MR) is 104 cm³/mol. The Hall–Kier alpha value is -3.74. The normalized spacial score (nSPS) is 10.8. The minimum atomic E-state index is -0.299. The highest BCUT2D eigenvalue weighted by Crippen LogP contribution is 2.27. The summed E-state index contributed by atoms with van der Waals surface area (Å²) in [6, 6.07) is 13.1. The van der Waals surface area contributed by atoms with Gasteiger partial charge in [0.25, 0.3) is 11.8 Å². The molecule has 0 atom stereocenters. The van der Waals surface area contributed by atoms with Crippen LogP contribution in [0.1, 0.15) is 11.5 Å². The van der Waals surface area contributed by atoms with Crippen LogP contribution in [0, 0.1) is 5.82 Å². The first-order chi connectivity index (χ1) is 13.7. The molecule has 7 heteroatoms. The van der Waals surface area contributed by atoms with Gasteiger partial charge in [-0.1, -0.05) is 35.5 Å². The van der Waals surface area contributed by atoms with Crippen LogP contribution in [0.4, 0.5) is 4.39 Å². The number of ether oxygens (including phenoxy) is 1. The number of benzene rings is 2. The zero-order valence-corrected chi connectivity index (χ0v) is 15.0. The summed E-state index contributed by atoms with van der Waals surface area (Å²) < 4.78 is 23.8. The number of nitrogens with zero attached hydrogens (tertiary/aromatic N) is 2. The molecule has 6 nitrogen and oxygen atoms in total. The number of aromatic nitrogens is 2. The fourth-order valence-corrected chi connectivity index (χ4v) is 2.31. The van der Waals surface area contributed by atoms with E-state index in [1.165, 1.54) is 12.1 Å². The molecule has 1 heterocycles. The molecule has 1 amide bonds. The lowest BCUT2D eigenvalue weighted by Gasteiger charge is -2.08. The van der Waals surface area contributed by atoms with E-state index >= 15 is 0 Å². The number of hydrogen-bond acceptors (Lipinski definition) is 5. The molecule has 0 spiro atoms. The molecule has 1 aromatic heterocycles. The van der Waals surface area contributed by atoms with E-state index in [4.69, 9.17) is 9.26 Å². The minimum Gasteiger partial charge on any atom is -0.483 e. The lowest BCUT2D eigenvalue weighted by molar-refractivity contribution is -0.122. The molecule has 0 aliphatic rings. The molecule has 0 saturated heterocycles. The number of para-hydroxylation sites is 1. The second-order valence-electron chi connectivity index (χ2n) is 5.72. The number of halogens is 1. The van der Waals surface area contributed by atoms with Gasteiger partial charge in [-0.15, -0.1) is 6.58 Å². The van der Waals surface area contributed by atoms with Gasteiger partial charge in [0.2, 0.25) is 5.82 Å². The van der Waals surface area contributed by atoms with Gasteiger partial charge in [-0.05, 0) is 35.9 Å².